The van der Waals surface area contributed by atoms with Crippen molar-refractivity contribution < 1.29 is 14.7 Å². The molecule has 0 radical (unpaired) electrons. The average Bonchev–Trinajstić information content (AvgIpc) is 2.28. The molecule has 2 N–H and O–H groups in total. The normalized spacial score (nSPS) is 12.4. The van der Waals surface area contributed by atoms with Crippen molar-refractivity contribution >= 4 is 29.6 Å². The van der Waals surface area contributed by atoms with E-state index in [1.165, 1.54) is 13.0 Å². The topological polar surface area (TPSA) is 66.4 Å². The summed E-state index contributed by atoms with van der Waals surface area (Å²) < 4.78 is 0. The molecule has 0 bridgehead atoms. The van der Waals surface area contributed by atoms with Crippen molar-refractivity contribution in [2.75, 3.05) is 0 Å². The van der Waals surface area contributed by atoms with Gasteiger partial charge < -0.3 is 10.4 Å². The zero-order valence-electron chi connectivity index (χ0n) is 9.18. The fourth-order valence-electron chi connectivity index (χ4n) is 1.07. The van der Waals surface area contributed by atoms with Crippen molar-refractivity contribution in [1.82, 2.24) is 5.32 Å². The zero-order chi connectivity index (χ0) is 12.8. The summed E-state index contributed by atoms with van der Waals surface area (Å²) in [6, 6.07) is 6.02. The quantitative estimate of drug-likeness (QED) is 0.806. The van der Waals surface area contributed by atoms with Crippen LogP contribution in [0.5, 0.6) is 0 Å². The monoisotopic (exact) mass is 253 g/mol. The highest BCUT2D eigenvalue weighted by molar-refractivity contribution is 6.30. The first-order valence-electron chi connectivity index (χ1n) is 4.96. The van der Waals surface area contributed by atoms with Crippen LogP contribution in [0, 0.1) is 0 Å². The predicted molar refractivity (Wildman–Crippen MR) is 65.7 cm³/mol. The molecule has 17 heavy (non-hydrogen) atoms. The highest BCUT2D eigenvalue weighted by Crippen LogP contribution is 2.10. The number of carboxylic acid groups (broad SMARTS) is 1. The minimum absolute atomic E-state index is 0.449. The van der Waals surface area contributed by atoms with Gasteiger partial charge >= 0.3 is 5.97 Å². The molecule has 0 aliphatic carbocycles. The molecule has 0 aliphatic rings. The van der Waals surface area contributed by atoms with E-state index in [2.05, 4.69) is 5.32 Å². The number of hydrogen-bond acceptors (Lipinski definition) is 2. The molecule has 1 atom stereocenters. The molecule has 1 aromatic carbocycles. The molecular weight excluding hydrogens is 242 g/mol. The average molecular weight is 254 g/mol. The molecule has 1 unspecified atom stereocenters. The number of benzene rings is 1. The van der Waals surface area contributed by atoms with Gasteiger partial charge in [-0.15, -0.1) is 0 Å². The summed E-state index contributed by atoms with van der Waals surface area (Å²) >= 11 is 5.71. The predicted octanol–water partition coefficient (Wildman–Crippen LogP) is 1.94. The van der Waals surface area contributed by atoms with Gasteiger partial charge in [0.25, 0.3) is 0 Å². The Labute approximate surface area is 104 Å². The van der Waals surface area contributed by atoms with Crippen LogP contribution in [0.15, 0.2) is 30.3 Å². The summed E-state index contributed by atoms with van der Waals surface area (Å²) in [5.41, 5.74) is 0.813. The van der Waals surface area contributed by atoms with Crippen LogP contribution in [0.3, 0.4) is 0 Å². The summed E-state index contributed by atoms with van der Waals surface area (Å²) in [5.74, 6) is -1.52. The maximum absolute atomic E-state index is 11.3. The van der Waals surface area contributed by atoms with Gasteiger partial charge in [0.1, 0.15) is 6.04 Å². The zero-order valence-corrected chi connectivity index (χ0v) is 9.94. The lowest BCUT2D eigenvalue weighted by Crippen LogP contribution is -2.37. The number of aliphatic carboxylic acids is 1. The molecule has 0 heterocycles. The Hall–Kier alpha value is -1.81. The minimum atomic E-state index is -1.07. The van der Waals surface area contributed by atoms with Gasteiger partial charge in [-0.2, -0.15) is 0 Å². The second-order valence-corrected chi connectivity index (χ2v) is 3.89. The lowest BCUT2D eigenvalue weighted by molar-refractivity contribution is -0.140. The molecule has 1 rings (SSSR count). The number of carbonyl (C=O) groups excluding carboxylic acids is 1. The van der Waals surface area contributed by atoms with Crippen LogP contribution in [0.4, 0.5) is 0 Å². The second kappa shape index (κ2) is 6.06. The molecule has 0 fully saturated rings. The summed E-state index contributed by atoms with van der Waals surface area (Å²) in [6.45, 7) is 1.40. The lowest BCUT2D eigenvalue weighted by Gasteiger charge is -2.05. The first kappa shape index (κ1) is 13.3. The molecule has 5 heteroatoms. The van der Waals surface area contributed by atoms with Crippen molar-refractivity contribution in [2.24, 2.45) is 0 Å². The van der Waals surface area contributed by atoms with Crippen LogP contribution in [0.2, 0.25) is 5.02 Å². The van der Waals surface area contributed by atoms with Gasteiger partial charge in [0.05, 0.1) is 0 Å². The van der Waals surface area contributed by atoms with Crippen LogP contribution < -0.4 is 5.32 Å². The number of hydrogen-bond donors (Lipinski definition) is 2. The number of carboxylic acids is 1. The summed E-state index contributed by atoms with van der Waals surface area (Å²) in [6.07, 6.45) is 2.86. The Bertz CT molecular complexity index is 440. The van der Waals surface area contributed by atoms with E-state index in [9.17, 15) is 9.59 Å². The fraction of sp³-hybridized carbons (Fsp3) is 0.167. The Balaban J connectivity index is 2.56. The van der Waals surface area contributed by atoms with Crippen LogP contribution in [-0.4, -0.2) is 23.0 Å². The van der Waals surface area contributed by atoms with Crippen molar-refractivity contribution in [3.05, 3.63) is 40.9 Å². The van der Waals surface area contributed by atoms with Gasteiger partial charge in [0.15, 0.2) is 0 Å². The van der Waals surface area contributed by atoms with E-state index in [-0.39, 0.29) is 0 Å². The van der Waals surface area contributed by atoms with E-state index < -0.39 is 17.9 Å². The number of halogens is 1. The molecular formula is C12H12ClNO3. The number of amides is 1. The van der Waals surface area contributed by atoms with Gasteiger partial charge in [-0.25, -0.2) is 0 Å². The van der Waals surface area contributed by atoms with Crippen LogP contribution in [-0.2, 0) is 9.59 Å². The van der Waals surface area contributed by atoms with Crippen LogP contribution >= 0.6 is 11.6 Å². The summed E-state index contributed by atoms with van der Waals surface area (Å²) in [4.78, 5) is 21.8. The van der Waals surface area contributed by atoms with Gasteiger partial charge in [0.2, 0.25) is 5.91 Å². The van der Waals surface area contributed by atoms with Gasteiger partial charge in [-0.3, -0.25) is 9.59 Å². The number of nitrogens with one attached hydrogen (secondary N) is 1. The third-order valence-corrected chi connectivity index (χ3v) is 2.28. The Morgan fingerprint density at radius 3 is 2.47 bits per heavy atom. The molecule has 0 saturated carbocycles. The Kier molecular flexibility index (Phi) is 4.72. The van der Waals surface area contributed by atoms with Crippen molar-refractivity contribution in [3.8, 4) is 0 Å². The maximum Gasteiger partial charge on any atom is 0.325 e. The third kappa shape index (κ3) is 4.70. The number of carbonyl (C=O) groups is 2. The third-order valence-electron chi connectivity index (χ3n) is 2.03. The molecule has 1 aromatic rings. The van der Waals surface area contributed by atoms with Crippen molar-refractivity contribution in [1.29, 1.82) is 0 Å². The summed E-state index contributed by atoms with van der Waals surface area (Å²) in [7, 11) is 0. The van der Waals surface area contributed by atoms with Crippen LogP contribution in [0.25, 0.3) is 6.08 Å². The molecule has 1 amide bonds. The van der Waals surface area contributed by atoms with E-state index >= 15 is 0 Å². The highest BCUT2D eigenvalue weighted by Gasteiger charge is 2.11. The van der Waals surface area contributed by atoms with E-state index in [1.54, 1.807) is 30.3 Å². The van der Waals surface area contributed by atoms with Gasteiger partial charge in [-0.05, 0) is 30.7 Å². The first-order chi connectivity index (χ1) is 7.99. The van der Waals surface area contributed by atoms with E-state index in [1.807, 2.05) is 0 Å². The van der Waals surface area contributed by atoms with Crippen LogP contribution in [0.1, 0.15) is 12.5 Å². The maximum atomic E-state index is 11.3. The molecule has 0 aliphatic heterocycles. The Morgan fingerprint density at radius 2 is 1.94 bits per heavy atom. The first-order valence-corrected chi connectivity index (χ1v) is 5.34. The standard InChI is InChI=1S/C12H12ClNO3/c1-8(12(16)17)14-11(15)7-4-9-2-5-10(13)6-3-9/h2-8H,1H3,(H,14,15)(H,16,17)/b7-4-. The molecule has 0 aromatic heterocycles. The molecule has 0 saturated heterocycles. The molecule has 4 nitrogen and oxygen atoms in total. The van der Waals surface area contributed by atoms with Crippen molar-refractivity contribution in [3.63, 3.8) is 0 Å². The van der Waals surface area contributed by atoms with Gasteiger partial charge in [-0.1, -0.05) is 23.7 Å². The SMILES string of the molecule is CC(NC(=O)/C=C\c1ccc(Cl)cc1)C(=O)O. The molecule has 90 valence electrons. The van der Waals surface area contributed by atoms with E-state index in [0.29, 0.717) is 5.02 Å². The van der Waals surface area contributed by atoms with E-state index in [0.717, 1.165) is 5.56 Å². The van der Waals surface area contributed by atoms with E-state index in [4.69, 9.17) is 16.7 Å². The highest BCUT2D eigenvalue weighted by atomic mass is 35.5. The van der Waals surface area contributed by atoms with Crippen molar-refractivity contribution in [2.45, 2.75) is 13.0 Å². The largest absolute Gasteiger partial charge is 0.480 e. The summed E-state index contributed by atoms with van der Waals surface area (Å²) in [5, 5.41) is 11.5. The van der Waals surface area contributed by atoms with Gasteiger partial charge in [0, 0.05) is 11.1 Å². The second-order valence-electron chi connectivity index (χ2n) is 3.45. The smallest absolute Gasteiger partial charge is 0.325 e. The lowest BCUT2D eigenvalue weighted by atomic mass is 10.2. The Morgan fingerprint density at radius 1 is 1.35 bits per heavy atom. The minimum Gasteiger partial charge on any atom is -0.480 e. The molecule has 0 spiro atoms. The fourth-order valence-corrected chi connectivity index (χ4v) is 1.20. The number of rotatable bonds is 4.